The number of carbonyl (C=O) groups excluding carboxylic acids is 1. The summed E-state index contributed by atoms with van der Waals surface area (Å²) >= 11 is 0. The summed E-state index contributed by atoms with van der Waals surface area (Å²) in [6.45, 7) is 1.98. The molecule has 3 nitrogen and oxygen atoms in total. The largest absolute Gasteiger partial charge is 0.466 e. The average Bonchev–Trinajstić information content (AvgIpc) is 2.16. The molecular weight excluding hydrogens is 216 g/mol. The van der Waals surface area contributed by atoms with Crippen molar-refractivity contribution in [1.82, 2.24) is 0 Å². The summed E-state index contributed by atoms with van der Waals surface area (Å²) in [7, 11) is 0. The molecule has 3 fully saturated rings. The van der Waals surface area contributed by atoms with Crippen LogP contribution in [0.2, 0.25) is 0 Å². The van der Waals surface area contributed by atoms with Crippen molar-refractivity contribution in [3.63, 3.8) is 0 Å². The van der Waals surface area contributed by atoms with E-state index in [4.69, 9.17) is 10.5 Å². The molecule has 92 valence electrons. The van der Waals surface area contributed by atoms with E-state index in [1.165, 1.54) is 0 Å². The van der Waals surface area contributed by atoms with E-state index in [-0.39, 0.29) is 18.9 Å². The lowest BCUT2D eigenvalue weighted by Gasteiger charge is -2.49. The van der Waals surface area contributed by atoms with E-state index in [0.717, 1.165) is 0 Å². The second kappa shape index (κ2) is 3.95. The Morgan fingerprint density at radius 3 is 2.69 bits per heavy atom. The first-order chi connectivity index (χ1) is 7.47. The van der Waals surface area contributed by atoms with Gasteiger partial charge in [-0.1, -0.05) is 0 Å². The highest BCUT2D eigenvalue weighted by atomic mass is 19.3. The van der Waals surface area contributed by atoms with E-state index in [2.05, 4.69) is 0 Å². The Bertz CT molecular complexity index is 294. The third-order valence-corrected chi connectivity index (χ3v) is 3.87. The number of hydrogen-bond acceptors (Lipinski definition) is 3. The molecule has 0 aromatic carbocycles. The topological polar surface area (TPSA) is 52.3 Å². The molecule has 16 heavy (non-hydrogen) atoms. The van der Waals surface area contributed by atoms with Crippen LogP contribution in [0.4, 0.5) is 8.78 Å². The fourth-order valence-corrected chi connectivity index (χ4v) is 3.14. The van der Waals surface area contributed by atoms with Gasteiger partial charge in [-0.15, -0.1) is 0 Å². The van der Waals surface area contributed by atoms with Crippen LogP contribution in [0.15, 0.2) is 0 Å². The Balaban J connectivity index is 2.16. The van der Waals surface area contributed by atoms with E-state index in [1.807, 2.05) is 0 Å². The van der Waals surface area contributed by atoms with Gasteiger partial charge >= 0.3 is 5.97 Å². The van der Waals surface area contributed by atoms with Gasteiger partial charge in [0.2, 0.25) is 0 Å². The summed E-state index contributed by atoms with van der Waals surface area (Å²) in [5.41, 5.74) is 5.79. The second-order valence-electron chi connectivity index (χ2n) is 4.76. The zero-order valence-corrected chi connectivity index (χ0v) is 9.29. The summed E-state index contributed by atoms with van der Waals surface area (Å²) in [5, 5.41) is 0. The van der Waals surface area contributed by atoms with E-state index >= 15 is 0 Å². The highest BCUT2D eigenvalue weighted by molar-refractivity contribution is 5.74. The fraction of sp³-hybridized carbons (Fsp3) is 0.909. The maximum absolute atomic E-state index is 13.5. The lowest BCUT2D eigenvalue weighted by molar-refractivity contribution is -0.181. The molecule has 0 spiro atoms. The van der Waals surface area contributed by atoms with Crippen molar-refractivity contribution in [3.05, 3.63) is 0 Å². The van der Waals surface area contributed by atoms with E-state index in [1.54, 1.807) is 6.92 Å². The third kappa shape index (κ3) is 1.71. The highest BCUT2D eigenvalue weighted by Crippen LogP contribution is 2.52. The molecule has 0 unspecified atom stereocenters. The van der Waals surface area contributed by atoms with Gasteiger partial charge in [-0.3, -0.25) is 4.79 Å². The van der Waals surface area contributed by atoms with Crippen LogP contribution >= 0.6 is 0 Å². The molecule has 2 N–H and O–H groups in total. The molecule has 4 atom stereocenters. The van der Waals surface area contributed by atoms with Crippen LogP contribution < -0.4 is 5.73 Å². The first kappa shape index (κ1) is 11.8. The maximum atomic E-state index is 13.5. The van der Waals surface area contributed by atoms with Gasteiger partial charge in [0.25, 0.3) is 5.92 Å². The predicted molar refractivity (Wildman–Crippen MR) is 53.9 cm³/mol. The summed E-state index contributed by atoms with van der Waals surface area (Å²) in [5.74, 6) is -4.80. The van der Waals surface area contributed by atoms with Crippen molar-refractivity contribution in [2.24, 2.45) is 23.5 Å². The minimum atomic E-state index is -2.70. The number of ether oxygens (including phenoxy) is 1. The Hall–Kier alpha value is -0.710. The Kier molecular flexibility index (Phi) is 2.90. The van der Waals surface area contributed by atoms with Gasteiger partial charge in [0.15, 0.2) is 0 Å². The molecule has 3 rings (SSSR count). The lowest BCUT2D eigenvalue weighted by Crippen LogP contribution is -2.60. The average molecular weight is 233 g/mol. The van der Waals surface area contributed by atoms with Crippen LogP contribution in [0.25, 0.3) is 0 Å². The van der Waals surface area contributed by atoms with E-state index in [9.17, 15) is 13.6 Å². The van der Waals surface area contributed by atoms with Crippen molar-refractivity contribution in [1.29, 1.82) is 0 Å². The summed E-state index contributed by atoms with van der Waals surface area (Å²) in [4.78, 5) is 11.7. The summed E-state index contributed by atoms with van der Waals surface area (Å²) < 4.78 is 32.0. The third-order valence-electron chi connectivity index (χ3n) is 3.87. The molecule has 3 saturated carbocycles. The zero-order valence-electron chi connectivity index (χ0n) is 9.29. The van der Waals surface area contributed by atoms with Crippen molar-refractivity contribution < 1.29 is 18.3 Å². The molecule has 0 aromatic rings. The number of nitrogens with two attached hydrogens (primary N) is 1. The molecule has 0 saturated heterocycles. The SMILES string of the molecule is CCOC(=O)[C@H]1[C@H]2CC[C@@H]([C@H]1N)C(F)(F)C2. The van der Waals surface area contributed by atoms with Gasteiger partial charge in [0.1, 0.15) is 0 Å². The van der Waals surface area contributed by atoms with Gasteiger partial charge in [-0.05, 0) is 25.7 Å². The smallest absolute Gasteiger partial charge is 0.310 e. The predicted octanol–water partition coefficient (Wildman–Crippen LogP) is 1.56. The molecule has 0 radical (unpaired) electrons. The number of alkyl halides is 2. The Morgan fingerprint density at radius 1 is 1.50 bits per heavy atom. The Morgan fingerprint density at radius 2 is 2.19 bits per heavy atom. The van der Waals surface area contributed by atoms with Gasteiger partial charge in [-0.2, -0.15) is 0 Å². The first-order valence-electron chi connectivity index (χ1n) is 5.77. The maximum Gasteiger partial charge on any atom is 0.310 e. The summed E-state index contributed by atoms with van der Waals surface area (Å²) in [6.07, 6.45) is 0.876. The van der Waals surface area contributed by atoms with Crippen molar-refractivity contribution in [2.45, 2.75) is 38.2 Å². The molecule has 0 amide bonds. The van der Waals surface area contributed by atoms with Gasteiger partial charge < -0.3 is 10.5 Å². The van der Waals surface area contributed by atoms with Crippen LogP contribution in [0.3, 0.4) is 0 Å². The Labute approximate surface area is 93.3 Å². The standard InChI is InChI=1S/C11H17F2NO2/c1-2-16-10(15)8-6-3-4-7(9(8)14)11(12,13)5-6/h6-9H,2-5,14H2,1H3/t6-,7-,8-,9+/m0/s1. The fourth-order valence-electron chi connectivity index (χ4n) is 3.14. The number of hydrogen-bond donors (Lipinski definition) is 1. The molecule has 2 bridgehead atoms. The highest BCUT2D eigenvalue weighted by Gasteiger charge is 2.59. The van der Waals surface area contributed by atoms with Crippen molar-refractivity contribution in [2.75, 3.05) is 6.61 Å². The number of fused-ring (bicyclic) bond motifs is 3. The normalized spacial score (nSPS) is 40.8. The molecule has 0 aliphatic heterocycles. The summed E-state index contributed by atoms with van der Waals surface area (Å²) in [6, 6.07) is -0.749. The molecule has 3 aliphatic carbocycles. The number of esters is 1. The monoisotopic (exact) mass is 233 g/mol. The van der Waals surface area contributed by atoms with Crippen LogP contribution in [-0.4, -0.2) is 24.5 Å². The molecule has 3 aliphatic rings. The molecular formula is C11H17F2NO2. The quantitative estimate of drug-likeness (QED) is 0.736. The number of halogens is 2. The minimum absolute atomic E-state index is 0.213. The van der Waals surface area contributed by atoms with Crippen LogP contribution in [0.5, 0.6) is 0 Å². The van der Waals surface area contributed by atoms with Crippen LogP contribution in [0, 0.1) is 17.8 Å². The number of carbonyl (C=O) groups is 1. The molecule has 0 heterocycles. The minimum Gasteiger partial charge on any atom is -0.466 e. The molecule has 5 heteroatoms. The van der Waals surface area contributed by atoms with E-state index in [0.29, 0.717) is 12.8 Å². The van der Waals surface area contributed by atoms with Crippen molar-refractivity contribution >= 4 is 5.97 Å². The second-order valence-corrected chi connectivity index (χ2v) is 4.76. The van der Waals surface area contributed by atoms with Gasteiger partial charge in [-0.25, -0.2) is 8.78 Å². The number of rotatable bonds is 2. The van der Waals surface area contributed by atoms with Crippen LogP contribution in [-0.2, 0) is 9.53 Å². The zero-order chi connectivity index (χ0) is 11.9. The van der Waals surface area contributed by atoms with Crippen molar-refractivity contribution in [3.8, 4) is 0 Å². The van der Waals surface area contributed by atoms with E-state index < -0.39 is 29.8 Å². The molecule has 0 aromatic heterocycles. The lowest BCUT2D eigenvalue weighted by atomic mass is 9.60. The van der Waals surface area contributed by atoms with Gasteiger partial charge in [0, 0.05) is 18.4 Å². The first-order valence-corrected chi connectivity index (χ1v) is 5.77. The van der Waals surface area contributed by atoms with Gasteiger partial charge in [0.05, 0.1) is 12.5 Å². The van der Waals surface area contributed by atoms with Crippen LogP contribution in [0.1, 0.15) is 26.2 Å².